The molecule has 0 bridgehead atoms. The summed E-state index contributed by atoms with van der Waals surface area (Å²) < 4.78 is 5.40. The number of aromatic amines is 2. The molecule has 5 rings (SSSR count). The van der Waals surface area contributed by atoms with E-state index >= 15 is 0 Å². The van der Waals surface area contributed by atoms with Gasteiger partial charge in [-0.05, 0) is 19.9 Å². The first-order valence-electron chi connectivity index (χ1n) is 9.29. The van der Waals surface area contributed by atoms with Crippen LogP contribution in [0, 0.1) is 6.92 Å². The molecule has 0 radical (unpaired) electrons. The second-order valence-corrected chi connectivity index (χ2v) is 6.85. The minimum atomic E-state index is -0.507. The zero-order valence-corrected chi connectivity index (χ0v) is 16.4. The second-order valence-electron chi connectivity index (χ2n) is 6.85. The number of nitrogens with one attached hydrogen (secondary N) is 3. The molecule has 1 atom stereocenters. The van der Waals surface area contributed by atoms with Crippen molar-refractivity contribution in [3.63, 3.8) is 0 Å². The number of nitrogens with zero attached hydrogens (tertiary/aromatic N) is 6. The molecule has 5 aromatic rings. The first-order chi connectivity index (χ1) is 15.0. The van der Waals surface area contributed by atoms with Crippen LogP contribution in [0.5, 0.6) is 0 Å². The Kier molecular flexibility index (Phi) is 4.24. The van der Waals surface area contributed by atoms with Crippen LogP contribution >= 0.6 is 0 Å². The Labute approximate surface area is 173 Å². The molecule has 1 amide bonds. The van der Waals surface area contributed by atoms with Crippen LogP contribution in [0.3, 0.4) is 0 Å². The number of H-pyrrole nitrogens is 2. The maximum Gasteiger partial charge on any atom is 0.271 e. The maximum atomic E-state index is 12.8. The van der Waals surface area contributed by atoms with E-state index in [0.29, 0.717) is 39.7 Å². The third kappa shape index (κ3) is 3.39. The van der Waals surface area contributed by atoms with Crippen molar-refractivity contribution in [1.29, 1.82) is 0 Å². The Bertz CT molecular complexity index is 1500. The first kappa shape index (κ1) is 18.5. The van der Waals surface area contributed by atoms with E-state index in [4.69, 9.17) is 4.52 Å². The summed E-state index contributed by atoms with van der Waals surface area (Å²) in [5.41, 5.74) is 1.79. The molecule has 12 nitrogen and oxygen atoms in total. The van der Waals surface area contributed by atoms with Gasteiger partial charge in [0.25, 0.3) is 5.91 Å². The summed E-state index contributed by atoms with van der Waals surface area (Å²) in [6.45, 7) is 3.54. The molecule has 5 heterocycles. The molecule has 5 aromatic heterocycles. The van der Waals surface area contributed by atoms with Crippen LogP contribution in [0.25, 0.3) is 33.7 Å². The fourth-order valence-corrected chi connectivity index (χ4v) is 3.11. The molecular formula is C19H15N9O3. The summed E-state index contributed by atoms with van der Waals surface area (Å²) in [5, 5.41) is 7.28. The molecule has 154 valence electrons. The molecule has 0 aliphatic carbocycles. The van der Waals surface area contributed by atoms with Crippen LogP contribution in [0.2, 0.25) is 0 Å². The van der Waals surface area contributed by atoms with E-state index in [1.54, 1.807) is 26.1 Å². The Morgan fingerprint density at radius 2 is 2.00 bits per heavy atom. The molecule has 0 aromatic carbocycles. The lowest BCUT2D eigenvalue weighted by atomic mass is 10.2. The number of carbonyl (C=O) groups is 1. The van der Waals surface area contributed by atoms with E-state index in [1.807, 2.05) is 0 Å². The summed E-state index contributed by atoms with van der Waals surface area (Å²) in [7, 11) is 0. The molecule has 0 aliphatic rings. The van der Waals surface area contributed by atoms with Gasteiger partial charge in [-0.2, -0.15) is 0 Å². The summed E-state index contributed by atoms with van der Waals surface area (Å²) in [6.07, 6.45) is 2.84. The van der Waals surface area contributed by atoms with Gasteiger partial charge in [0.2, 0.25) is 5.56 Å². The van der Waals surface area contributed by atoms with Gasteiger partial charge in [0.1, 0.15) is 34.7 Å². The SMILES string of the molecule is Cc1ncc2nc(-c3cc([C@@H](C)NC(=O)c4ncnc5[nH]c(=O)ccc45)on3)[nH]c2n1. The van der Waals surface area contributed by atoms with Gasteiger partial charge < -0.3 is 19.8 Å². The van der Waals surface area contributed by atoms with Crippen molar-refractivity contribution in [1.82, 2.24) is 45.4 Å². The quantitative estimate of drug-likeness (QED) is 0.392. The van der Waals surface area contributed by atoms with E-state index in [9.17, 15) is 9.59 Å². The third-order valence-electron chi connectivity index (χ3n) is 4.65. The highest BCUT2D eigenvalue weighted by atomic mass is 16.5. The van der Waals surface area contributed by atoms with E-state index in [1.165, 1.54) is 18.5 Å². The van der Waals surface area contributed by atoms with Crippen molar-refractivity contribution in [3.8, 4) is 11.5 Å². The van der Waals surface area contributed by atoms with Gasteiger partial charge in [0.15, 0.2) is 17.2 Å². The van der Waals surface area contributed by atoms with Gasteiger partial charge >= 0.3 is 0 Å². The average molecular weight is 417 g/mol. The first-order valence-corrected chi connectivity index (χ1v) is 9.29. The Hall–Kier alpha value is -4.48. The summed E-state index contributed by atoms with van der Waals surface area (Å²) in [6, 6.07) is 3.99. The lowest BCUT2D eigenvalue weighted by molar-refractivity contribution is 0.0930. The van der Waals surface area contributed by atoms with E-state index in [-0.39, 0.29) is 16.9 Å². The Morgan fingerprint density at radius 1 is 1.13 bits per heavy atom. The third-order valence-corrected chi connectivity index (χ3v) is 4.65. The van der Waals surface area contributed by atoms with Crippen molar-refractivity contribution in [2.45, 2.75) is 19.9 Å². The molecule has 0 fully saturated rings. The summed E-state index contributed by atoms with van der Waals surface area (Å²) in [5.74, 6) is 1.09. The number of amides is 1. The van der Waals surface area contributed by atoms with Gasteiger partial charge in [-0.1, -0.05) is 5.16 Å². The fraction of sp³-hybridized carbons (Fsp3) is 0.158. The number of imidazole rings is 1. The monoisotopic (exact) mass is 417 g/mol. The smallest absolute Gasteiger partial charge is 0.271 e. The zero-order valence-electron chi connectivity index (χ0n) is 16.4. The van der Waals surface area contributed by atoms with Crippen LogP contribution in [0.1, 0.15) is 35.0 Å². The molecule has 0 spiro atoms. The normalized spacial score (nSPS) is 12.3. The number of rotatable bonds is 4. The van der Waals surface area contributed by atoms with Gasteiger partial charge in [-0.3, -0.25) is 9.59 Å². The summed E-state index contributed by atoms with van der Waals surface area (Å²) in [4.78, 5) is 50.7. The van der Waals surface area contributed by atoms with Crippen molar-refractivity contribution in [3.05, 3.63) is 58.4 Å². The van der Waals surface area contributed by atoms with Gasteiger partial charge in [0.05, 0.1) is 12.2 Å². The molecule has 3 N–H and O–H groups in total. The second kappa shape index (κ2) is 7.09. The number of hydrogen-bond acceptors (Lipinski definition) is 9. The van der Waals surface area contributed by atoms with Crippen LogP contribution in [0.4, 0.5) is 0 Å². The van der Waals surface area contributed by atoms with Crippen molar-refractivity contribution in [2.75, 3.05) is 0 Å². The van der Waals surface area contributed by atoms with Crippen LogP contribution in [-0.2, 0) is 0 Å². The minimum absolute atomic E-state index is 0.138. The molecular weight excluding hydrogens is 402 g/mol. The zero-order chi connectivity index (χ0) is 21.5. The number of carbonyl (C=O) groups excluding carboxylic acids is 1. The predicted molar refractivity (Wildman–Crippen MR) is 108 cm³/mol. The maximum absolute atomic E-state index is 12.8. The fourth-order valence-electron chi connectivity index (χ4n) is 3.11. The molecule has 0 saturated carbocycles. The number of aryl methyl sites for hydroxylation is 1. The number of hydrogen-bond donors (Lipinski definition) is 3. The predicted octanol–water partition coefficient (Wildman–Crippen LogP) is 1.44. The molecule has 0 aliphatic heterocycles. The lowest BCUT2D eigenvalue weighted by Crippen LogP contribution is -2.27. The topological polar surface area (TPSA) is 168 Å². The highest BCUT2D eigenvalue weighted by Gasteiger charge is 2.20. The lowest BCUT2D eigenvalue weighted by Gasteiger charge is -2.11. The van der Waals surface area contributed by atoms with Crippen LogP contribution < -0.4 is 10.9 Å². The standard InChI is InChI=1S/C19H15N9O3/c1-8(23-19(30)15-10-3-4-14(29)26-16(10)22-7-21-15)13-5-11(28-31-13)17-25-12-6-20-9(2)24-18(12)27-17/h3-8H,1-2H3,(H,23,30)(H,20,24,25,27)(H,21,22,26,29)/t8-/m1/s1. The van der Waals surface area contributed by atoms with Crippen molar-refractivity contribution < 1.29 is 9.32 Å². The highest BCUT2D eigenvalue weighted by molar-refractivity contribution is 6.03. The van der Waals surface area contributed by atoms with E-state index in [0.717, 1.165) is 0 Å². The number of aromatic nitrogens is 8. The largest absolute Gasteiger partial charge is 0.358 e. The van der Waals surface area contributed by atoms with Gasteiger partial charge in [0, 0.05) is 17.5 Å². The van der Waals surface area contributed by atoms with Crippen molar-refractivity contribution in [2.24, 2.45) is 0 Å². The summed E-state index contributed by atoms with van der Waals surface area (Å²) >= 11 is 0. The van der Waals surface area contributed by atoms with Gasteiger partial charge in [-0.25, -0.2) is 24.9 Å². The molecule has 31 heavy (non-hydrogen) atoms. The number of fused-ring (bicyclic) bond motifs is 2. The van der Waals surface area contributed by atoms with E-state index < -0.39 is 11.9 Å². The highest BCUT2D eigenvalue weighted by Crippen LogP contribution is 2.22. The Balaban J connectivity index is 1.39. The average Bonchev–Trinajstić information content (AvgIpc) is 3.39. The molecule has 0 saturated heterocycles. The van der Waals surface area contributed by atoms with Gasteiger partial charge in [-0.15, -0.1) is 0 Å². The van der Waals surface area contributed by atoms with Crippen molar-refractivity contribution >= 4 is 28.1 Å². The van der Waals surface area contributed by atoms with E-state index in [2.05, 4.69) is 45.4 Å². The molecule has 12 heteroatoms. The minimum Gasteiger partial charge on any atom is -0.358 e. The van der Waals surface area contributed by atoms with Crippen LogP contribution in [-0.4, -0.2) is 46.0 Å². The Morgan fingerprint density at radius 3 is 2.87 bits per heavy atom. The number of pyridine rings is 1. The molecule has 0 unspecified atom stereocenters. The van der Waals surface area contributed by atoms with Crippen LogP contribution in [0.15, 0.2) is 40.0 Å².